The van der Waals surface area contributed by atoms with Gasteiger partial charge in [-0.05, 0) is 19.1 Å². The third-order valence-electron chi connectivity index (χ3n) is 1.90. The second-order valence-electron chi connectivity index (χ2n) is 3.10. The number of aromatic hydroxyl groups is 1. The van der Waals surface area contributed by atoms with E-state index >= 15 is 0 Å². The Kier molecular flexibility index (Phi) is 3.31. The summed E-state index contributed by atoms with van der Waals surface area (Å²) in [5.41, 5.74) is 5.23. The third kappa shape index (κ3) is 1.97. The fraction of sp³-hybridized carbons (Fsp3) is 0.333. The molecule has 1 aromatic rings. The number of aliphatic hydroxyl groups excluding tert-OH is 1. The van der Waals surface area contributed by atoms with Gasteiger partial charge in [0, 0.05) is 11.6 Å². The van der Waals surface area contributed by atoms with Gasteiger partial charge in [-0.1, -0.05) is 11.6 Å². The molecule has 0 saturated carbocycles. The monoisotopic (exact) mass is 219 g/mol. The van der Waals surface area contributed by atoms with E-state index in [1.54, 1.807) is 0 Å². The van der Waals surface area contributed by atoms with Gasteiger partial charge in [-0.3, -0.25) is 0 Å². The van der Waals surface area contributed by atoms with Gasteiger partial charge in [-0.15, -0.1) is 0 Å². The fourth-order valence-corrected chi connectivity index (χ4v) is 1.36. The van der Waals surface area contributed by atoms with Crippen LogP contribution in [0.25, 0.3) is 0 Å². The molecule has 2 atom stereocenters. The van der Waals surface area contributed by atoms with Crippen molar-refractivity contribution in [2.75, 3.05) is 0 Å². The Balaban J connectivity index is 3.25. The van der Waals surface area contributed by atoms with E-state index < -0.39 is 18.0 Å². The van der Waals surface area contributed by atoms with Crippen LogP contribution < -0.4 is 5.73 Å². The summed E-state index contributed by atoms with van der Waals surface area (Å²) in [6.45, 7) is 1.52. The van der Waals surface area contributed by atoms with Crippen LogP contribution in [0.3, 0.4) is 0 Å². The van der Waals surface area contributed by atoms with Gasteiger partial charge in [-0.25, -0.2) is 4.39 Å². The molecule has 0 radical (unpaired) electrons. The molecule has 0 aliphatic rings. The number of hydrogen-bond donors (Lipinski definition) is 3. The molecule has 1 aromatic carbocycles. The molecule has 5 heteroatoms. The van der Waals surface area contributed by atoms with E-state index in [9.17, 15) is 14.6 Å². The standard InChI is InChI=1S/C9H11ClFNO2/c1-4(12)9(14)7-5(11)2-3-6(13)8(7)10/h2-4,9,13-14H,12H2,1H3. The predicted octanol–water partition coefficient (Wildman–Crippen LogP) is 1.57. The molecule has 0 saturated heterocycles. The van der Waals surface area contributed by atoms with Crippen LogP contribution in [0.4, 0.5) is 4.39 Å². The summed E-state index contributed by atoms with van der Waals surface area (Å²) in [5, 5.41) is 18.5. The lowest BCUT2D eigenvalue weighted by Crippen LogP contribution is -2.25. The Hall–Kier alpha value is -0.840. The second kappa shape index (κ2) is 4.13. The van der Waals surface area contributed by atoms with Crippen LogP contribution in [-0.2, 0) is 0 Å². The molecule has 0 aliphatic carbocycles. The van der Waals surface area contributed by atoms with Crippen LogP contribution >= 0.6 is 11.6 Å². The number of halogens is 2. The maximum Gasteiger partial charge on any atom is 0.134 e. The number of phenols is 1. The van der Waals surface area contributed by atoms with Gasteiger partial charge in [0.25, 0.3) is 0 Å². The van der Waals surface area contributed by atoms with Crippen molar-refractivity contribution in [3.05, 3.63) is 28.5 Å². The highest BCUT2D eigenvalue weighted by Gasteiger charge is 2.21. The van der Waals surface area contributed by atoms with E-state index in [0.717, 1.165) is 12.1 Å². The number of hydrogen-bond acceptors (Lipinski definition) is 3. The summed E-state index contributed by atoms with van der Waals surface area (Å²) in [5.74, 6) is -0.958. The minimum absolute atomic E-state index is 0.165. The Bertz CT molecular complexity index is 344. The molecule has 1 rings (SSSR count). The van der Waals surface area contributed by atoms with Crippen molar-refractivity contribution in [3.63, 3.8) is 0 Å². The molecule has 3 nitrogen and oxygen atoms in total. The molecule has 0 fully saturated rings. The first-order valence-electron chi connectivity index (χ1n) is 4.05. The normalized spacial score (nSPS) is 15.2. The van der Waals surface area contributed by atoms with Crippen LogP contribution in [-0.4, -0.2) is 16.3 Å². The average Bonchev–Trinajstić information content (AvgIpc) is 2.12. The Morgan fingerprint density at radius 3 is 2.57 bits per heavy atom. The topological polar surface area (TPSA) is 66.5 Å². The fourth-order valence-electron chi connectivity index (χ4n) is 1.09. The zero-order valence-electron chi connectivity index (χ0n) is 7.54. The van der Waals surface area contributed by atoms with Crippen molar-refractivity contribution in [3.8, 4) is 5.75 Å². The summed E-state index contributed by atoms with van der Waals surface area (Å²) in [6.07, 6.45) is -1.23. The van der Waals surface area contributed by atoms with Gasteiger partial charge in [0.1, 0.15) is 11.6 Å². The van der Waals surface area contributed by atoms with Gasteiger partial charge in [-0.2, -0.15) is 0 Å². The maximum absolute atomic E-state index is 13.2. The Morgan fingerprint density at radius 2 is 2.07 bits per heavy atom. The van der Waals surface area contributed by atoms with Crippen LogP contribution in [0, 0.1) is 5.82 Å². The van der Waals surface area contributed by atoms with Crippen LogP contribution in [0.15, 0.2) is 12.1 Å². The SMILES string of the molecule is CC(N)C(O)c1c(F)ccc(O)c1Cl. The molecule has 0 bridgehead atoms. The van der Waals surface area contributed by atoms with Crippen molar-refractivity contribution in [1.82, 2.24) is 0 Å². The lowest BCUT2D eigenvalue weighted by atomic mass is 10.0. The van der Waals surface area contributed by atoms with Crippen molar-refractivity contribution < 1.29 is 14.6 Å². The van der Waals surface area contributed by atoms with E-state index in [4.69, 9.17) is 17.3 Å². The quantitative estimate of drug-likeness (QED) is 0.707. The van der Waals surface area contributed by atoms with Crippen molar-refractivity contribution >= 4 is 11.6 Å². The lowest BCUT2D eigenvalue weighted by Gasteiger charge is -2.17. The van der Waals surface area contributed by atoms with E-state index in [1.807, 2.05) is 0 Å². The van der Waals surface area contributed by atoms with Gasteiger partial charge >= 0.3 is 0 Å². The van der Waals surface area contributed by atoms with Gasteiger partial charge in [0.05, 0.1) is 11.1 Å². The van der Waals surface area contributed by atoms with Crippen LogP contribution in [0.2, 0.25) is 5.02 Å². The molecule has 78 valence electrons. The first-order valence-corrected chi connectivity index (χ1v) is 4.43. The summed E-state index contributed by atoms with van der Waals surface area (Å²) < 4.78 is 13.2. The first-order chi connectivity index (χ1) is 6.45. The molecule has 14 heavy (non-hydrogen) atoms. The minimum Gasteiger partial charge on any atom is -0.506 e. The number of rotatable bonds is 2. The van der Waals surface area contributed by atoms with Gasteiger partial charge < -0.3 is 15.9 Å². The second-order valence-corrected chi connectivity index (χ2v) is 3.48. The zero-order valence-corrected chi connectivity index (χ0v) is 8.29. The molecule has 0 amide bonds. The van der Waals surface area contributed by atoms with Crippen molar-refractivity contribution in [1.29, 1.82) is 0 Å². The summed E-state index contributed by atoms with van der Waals surface area (Å²) in [7, 11) is 0. The number of nitrogens with two attached hydrogens (primary N) is 1. The molecule has 0 aliphatic heterocycles. The highest BCUT2D eigenvalue weighted by Crippen LogP contribution is 2.34. The maximum atomic E-state index is 13.2. The highest BCUT2D eigenvalue weighted by atomic mass is 35.5. The predicted molar refractivity (Wildman–Crippen MR) is 51.7 cm³/mol. The van der Waals surface area contributed by atoms with Crippen molar-refractivity contribution in [2.24, 2.45) is 5.73 Å². The number of aliphatic hydroxyl groups is 1. The molecule has 0 aromatic heterocycles. The van der Waals surface area contributed by atoms with Gasteiger partial charge in [0.15, 0.2) is 0 Å². The number of phenolic OH excluding ortho intramolecular Hbond substituents is 1. The van der Waals surface area contributed by atoms with Crippen LogP contribution in [0.5, 0.6) is 5.75 Å². The zero-order chi connectivity index (χ0) is 10.9. The summed E-state index contributed by atoms with van der Waals surface area (Å²) >= 11 is 5.63. The van der Waals surface area contributed by atoms with Crippen LogP contribution in [0.1, 0.15) is 18.6 Å². The smallest absolute Gasteiger partial charge is 0.134 e. The molecular formula is C9H11ClFNO2. The molecular weight excluding hydrogens is 209 g/mol. The average molecular weight is 220 g/mol. The third-order valence-corrected chi connectivity index (χ3v) is 2.30. The highest BCUT2D eigenvalue weighted by molar-refractivity contribution is 6.32. The number of benzene rings is 1. The summed E-state index contributed by atoms with van der Waals surface area (Å²) in [4.78, 5) is 0. The van der Waals surface area contributed by atoms with E-state index in [0.29, 0.717) is 0 Å². The molecule has 0 heterocycles. The Labute approximate surface area is 85.9 Å². The Morgan fingerprint density at radius 1 is 1.50 bits per heavy atom. The molecule has 4 N–H and O–H groups in total. The first kappa shape index (κ1) is 11.2. The van der Waals surface area contributed by atoms with E-state index in [1.165, 1.54) is 6.92 Å². The molecule has 2 unspecified atom stereocenters. The largest absolute Gasteiger partial charge is 0.506 e. The van der Waals surface area contributed by atoms with Gasteiger partial charge in [0.2, 0.25) is 0 Å². The lowest BCUT2D eigenvalue weighted by molar-refractivity contribution is 0.148. The minimum atomic E-state index is -1.23. The van der Waals surface area contributed by atoms with Crippen molar-refractivity contribution in [2.45, 2.75) is 19.1 Å². The van der Waals surface area contributed by atoms with E-state index in [-0.39, 0.29) is 16.3 Å². The van der Waals surface area contributed by atoms with E-state index in [2.05, 4.69) is 0 Å². The molecule has 0 spiro atoms. The summed E-state index contributed by atoms with van der Waals surface area (Å²) in [6, 6.07) is 1.49.